The smallest absolute Gasteiger partial charge is 0.407 e. The van der Waals surface area contributed by atoms with Crippen LogP contribution in [-0.4, -0.2) is 31.9 Å². The Balaban J connectivity index is 2.33. The molecule has 1 aromatic carbocycles. The van der Waals surface area contributed by atoms with Gasteiger partial charge >= 0.3 is 6.09 Å². The maximum absolute atomic E-state index is 11.5. The van der Waals surface area contributed by atoms with Crippen molar-refractivity contribution in [1.82, 2.24) is 10.6 Å². The van der Waals surface area contributed by atoms with E-state index in [0.29, 0.717) is 6.54 Å². The SMILES string of the molecule is COc1ccc(C)cc1C(C)NCCCNC(=O)OC(C)(C)C. The molecule has 1 unspecified atom stereocenters. The molecule has 0 aliphatic rings. The molecule has 23 heavy (non-hydrogen) atoms. The van der Waals surface area contributed by atoms with Crippen molar-refractivity contribution in [3.05, 3.63) is 29.3 Å². The predicted molar refractivity (Wildman–Crippen MR) is 93.0 cm³/mol. The summed E-state index contributed by atoms with van der Waals surface area (Å²) in [6.45, 7) is 11.1. The summed E-state index contributed by atoms with van der Waals surface area (Å²) in [7, 11) is 1.69. The molecule has 1 atom stereocenters. The van der Waals surface area contributed by atoms with Crippen LogP contribution in [0.15, 0.2) is 18.2 Å². The van der Waals surface area contributed by atoms with Gasteiger partial charge in [0, 0.05) is 18.2 Å². The number of hydrogen-bond acceptors (Lipinski definition) is 4. The summed E-state index contributed by atoms with van der Waals surface area (Å²) < 4.78 is 10.6. The summed E-state index contributed by atoms with van der Waals surface area (Å²) in [5.41, 5.74) is 1.90. The summed E-state index contributed by atoms with van der Waals surface area (Å²) in [6.07, 6.45) is 0.462. The number of nitrogens with one attached hydrogen (secondary N) is 2. The fourth-order valence-electron chi connectivity index (χ4n) is 2.21. The number of benzene rings is 1. The number of aryl methyl sites for hydroxylation is 1. The van der Waals surface area contributed by atoms with E-state index >= 15 is 0 Å². The Labute approximate surface area is 139 Å². The molecule has 5 heteroatoms. The Kier molecular flexibility index (Phi) is 7.36. The second-order valence-corrected chi connectivity index (χ2v) is 6.70. The van der Waals surface area contributed by atoms with Crippen LogP contribution in [0.1, 0.15) is 51.3 Å². The monoisotopic (exact) mass is 322 g/mol. The van der Waals surface area contributed by atoms with Crippen LogP contribution in [0.25, 0.3) is 0 Å². The molecule has 2 N–H and O–H groups in total. The van der Waals surface area contributed by atoms with Crippen molar-refractivity contribution < 1.29 is 14.3 Å². The number of carbonyl (C=O) groups is 1. The third-order valence-corrected chi connectivity index (χ3v) is 3.32. The topological polar surface area (TPSA) is 59.6 Å². The normalized spacial score (nSPS) is 12.6. The molecule has 0 aliphatic carbocycles. The van der Waals surface area contributed by atoms with E-state index in [1.54, 1.807) is 7.11 Å². The molecule has 0 aliphatic heterocycles. The molecule has 0 bridgehead atoms. The Morgan fingerprint density at radius 2 is 1.96 bits per heavy atom. The Morgan fingerprint density at radius 3 is 2.57 bits per heavy atom. The number of carbonyl (C=O) groups excluding carboxylic acids is 1. The van der Waals surface area contributed by atoms with Crippen LogP contribution in [0.5, 0.6) is 5.75 Å². The molecule has 130 valence electrons. The van der Waals surface area contributed by atoms with Gasteiger partial charge in [-0.3, -0.25) is 0 Å². The molecule has 0 saturated heterocycles. The first-order valence-corrected chi connectivity index (χ1v) is 8.07. The maximum Gasteiger partial charge on any atom is 0.407 e. The highest BCUT2D eigenvalue weighted by Crippen LogP contribution is 2.25. The molecular weight excluding hydrogens is 292 g/mol. The highest BCUT2D eigenvalue weighted by atomic mass is 16.6. The van der Waals surface area contributed by atoms with Gasteiger partial charge in [-0.25, -0.2) is 4.79 Å². The number of ether oxygens (including phenoxy) is 2. The second-order valence-electron chi connectivity index (χ2n) is 6.70. The largest absolute Gasteiger partial charge is 0.496 e. The lowest BCUT2D eigenvalue weighted by Crippen LogP contribution is -2.34. The van der Waals surface area contributed by atoms with Gasteiger partial charge in [-0.05, 0) is 53.7 Å². The minimum absolute atomic E-state index is 0.186. The summed E-state index contributed by atoms with van der Waals surface area (Å²) >= 11 is 0. The zero-order valence-corrected chi connectivity index (χ0v) is 15.2. The van der Waals surface area contributed by atoms with Gasteiger partial charge in [0.05, 0.1) is 7.11 Å². The zero-order chi connectivity index (χ0) is 17.5. The predicted octanol–water partition coefficient (Wildman–Crippen LogP) is 3.57. The van der Waals surface area contributed by atoms with Gasteiger partial charge in [0.1, 0.15) is 11.4 Å². The van der Waals surface area contributed by atoms with Crippen LogP contribution < -0.4 is 15.4 Å². The van der Waals surface area contributed by atoms with Crippen LogP contribution in [0, 0.1) is 6.92 Å². The minimum Gasteiger partial charge on any atom is -0.496 e. The van der Waals surface area contributed by atoms with E-state index in [9.17, 15) is 4.79 Å². The Hall–Kier alpha value is -1.75. The number of amides is 1. The van der Waals surface area contributed by atoms with Gasteiger partial charge in [-0.15, -0.1) is 0 Å². The first kappa shape index (κ1) is 19.3. The van der Waals surface area contributed by atoms with Crippen molar-refractivity contribution in [2.45, 2.75) is 52.7 Å². The van der Waals surface area contributed by atoms with Gasteiger partial charge in [-0.2, -0.15) is 0 Å². The first-order valence-electron chi connectivity index (χ1n) is 8.07. The van der Waals surface area contributed by atoms with Crippen molar-refractivity contribution in [2.75, 3.05) is 20.2 Å². The summed E-state index contributed by atoms with van der Waals surface area (Å²) in [5, 5.41) is 6.21. The molecule has 0 radical (unpaired) electrons. The van der Waals surface area contributed by atoms with Crippen LogP contribution in [0.3, 0.4) is 0 Å². The molecular formula is C18H30N2O3. The average Bonchev–Trinajstić information content (AvgIpc) is 2.44. The van der Waals surface area contributed by atoms with E-state index < -0.39 is 5.60 Å². The Bertz CT molecular complexity index is 509. The van der Waals surface area contributed by atoms with E-state index in [-0.39, 0.29) is 12.1 Å². The van der Waals surface area contributed by atoms with Crippen molar-refractivity contribution in [1.29, 1.82) is 0 Å². The summed E-state index contributed by atoms with van der Waals surface area (Å²) in [4.78, 5) is 11.5. The fourth-order valence-corrected chi connectivity index (χ4v) is 2.21. The van der Waals surface area contributed by atoms with Gasteiger partial charge in [0.25, 0.3) is 0 Å². The van der Waals surface area contributed by atoms with Gasteiger partial charge in [0.15, 0.2) is 0 Å². The average molecular weight is 322 g/mol. The second kappa shape index (κ2) is 8.77. The van der Waals surface area contributed by atoms with Gasteiger partial charge < -0.3 is 20.1 Å². The number of methoxy groups -OCH3 is 1. The molecule has 1 amide bonds. The molecule has 5 nitrogen and oxygen atoms in total. The molecule has 0 aromatic heterocycles. The minimum atomic E-state index is -0.460. The van der Waals surface area contributed by atoms with E-state index in [2.05, 4.69) is 30.5 Å². The van der Waals surface area contributed by atoms with E-state index in [1.807, 2.05) is 32.9 Å². The van der Waals surface area contributed by atoms with Crippen molar-refractivity contribution in [2.24, 2.45) is 0 Å². The Morgan fingerprint density at radius 1 is 1.26 bits per heavy atom. The standard InChI is InChI=1S/C18H30N2O3/c1-13-8-9-16(22-6)15(12-13)14(2)19-10-7-11-20-17(21)23-18(3,4)5/h8-9,12,14,19H,7,10-11H2,1-6H3,(H,20,21). The van der Waals surface area contributed by atoms with Crippen molar-refractivity contribution >= 4 is 6.09 Å². The molecule has 0 heterocycles. The van der Waals surface area contributed by atoms with Crippen LogP contribution in [-0.2, 0) is 4.74 Å². The van der Waals surface area contributed by atoms with Crippen LogP contribution >= 0.6 is 0 Å². The molecule has 0 saturated carbocycles. The first-order chi connectivity index (χ1) is 10.7. The van der Waals surface area contributed by atoms with Gasteiger partial charge in [0.2, 0.25) is 0 Å². The fraction of sp³-hybridized carbons (Fsp3) is 0.611. The van der Waals surface area contributed by atoms with Crippen LogP contribution in [0.4, 0.5) is 4.79 Å². The van der Waals surface area contributed by atoms with E-state index in [1.165, 1.54) is 5.56 Å². The number of alkyl carbamates (subject to hydrolysis) is 1. The van der Waals surface area contributed by atoms with E-state index in [0.717, 1.165) is 24.3 Å². The third-order valence-electron chi connectivity index (χ3n) is 3.32. The van der Waals surface area contributed by atoms with E-state index in [4.69, 9.17) is 9.47 Å². The molecule has 1 rings (SSSR count). The van der Waals surface area contributed by atoms with Crippen LogP contribution in [0.2, 0.25) is 0 Å². The highest BCUT2D eigenvalue weighted by molar-refractivity contribution is 5.67. The number of hydrogen-bond donors (Lipinski definition) is 2. The lowest BCUT2D eigenvalue weighted by molar-refractivity contribution is 0.0527. The third kappa shape index (κ3) is 7.37. The van der Waals surface area contributed by atoms with Crippen molar-refractivity contribution in [3.63, 3.8) is 0 Å². The molecule has 0 spiro atoms. The highest BCUT2D eigenvalue weighted by Gasteiger charge is 2.15. The lowest BCUT2D eigenvalue weighted by atomic mass is 10.0. The quantitative estimate of drug-likeness (QED) is 0.754. The zero-order valence-electron chi connectivity index (χ0n) is 15.2. The van der Waals surface area contributed by atoms with Gasteiger partial charge in [-0.1, -0.05) is 17.7 Å². The summed E-state index contributed by atoms with van der Waals surface area (Å²) in [6, 6.07) is 6.36. The number of rotatable bonds is 7. The maximum atomic E-state index is 11.5. The lowest BCUT2D eigenvalue weighted by Gasteiger charge is -2.20. The summed E-state index contributed by atoms with van der Waals surface area (Å²) in [5.74, 6) is 0.891. The molecule has 1 aromatic rings. The molecule has 0 fully saturated rings. The van der Waals surface area contributed by atoms with Crippen molar-refractivity contribution in [3.8, 4) is 5.75 Å².